The van der Waals surface area contributed by atoms with E-state index >= 15 is 0 Å². The van der Waals surface area contributed by atoms with Gasteiger partial charge in [0.2, 0.25) is 0 Å². The first-order valence-electron chi connectivity index (χ1n) is 4.20. The lowest BCUT2D eigenvalue weighted by Gasteiger charge is -2.15. The molecule has 0 aromatic heterocycles. The van der Waals surface area contributed by atoms with Crippen molar-refractivity contribution in [2.24, 2.45) is 0 Å². The van der Waals surface area contributed by atoms with E-state index in [9.17, 15) is 4.79 Å². The number of hydrogen-bond donors (Lipinski definition) is 0. The number of amides is 2. The lowest BCUT2D eigenvalue weighted by Crippen LogP contribution is -2.32. The van der Waals surface area contributed by atoms with E-state index in [4.69, 9.17) is 5.26 Å². The highest BCUT2D eigenvalue weighted by Gasteiger charge is 2.25. The molecule has 0 bridgehead atoms. The Bertz CT molecular complexity index is 209. The van der Waals surface area contributed by atoms with Crippen LogP contribution in [0.25, 0.3) is 0 Å². The Labute approximate surface area is 72.4 Å². The van der Waals surface area contributed by atoms with Gasteiger partial charge in [0, 0.05) is 26.2 Å². The van der Waals surface area contributed by atoms with Crippen LogP contribution in [0.5, 0.6) is 0 Å². The number of carbonyl (C=O) groups is 1. The number of nitriles is 1. The van der Waals surface area contributed by atoms with Gasteiger partial charge in [-0.3, -0.25) is 0 Å². The molecule has 0 saturated carbocycles. The van der Waals surface area contributed by atoms with Gasteiger partial charge < -0.3 is 9.80 Å². The van der Waals surface area contributed by atoms with Gasteiger partial charge in [-0.2, -0.15) is 5.26 Å². The minimum absolute atomic E-state index is 0.0766. The molecule has 1 saturated heterocycles. The molecule has 0 N–H and O–H groups in total. The van der Waals surface area contributed by atoms with Crippen molar-refractivity contribution in [3.05, 3.63) is 0 Å². The zero-order valence-corrected chi connectivity index (χ0v) is 7.29. The summed E-state index contributed by atoms with van der Waals surface area (Å²) in [7, 11) is 0. The van der Waals surface area contributed by atoms with Crippen molar-refractivity contribution in [1.29, 1.82) is 5.26 Å². The van der Waals surface area contributed by atoms with Crippen molar-refractivity contribution in [2.75, 3.05) is 26.2 Å². The molecule has 0 aromatic rings. The number of likely N-dealkylation sites (N-methyl/N-ethyl adjacent to an activating group) is 1. The summed E-state index contributed by atoms with van der Waals surface area (Å²) in [4.78, 5) is 14.9. The van der Waals surface area contributed by atoms with Crippen LogP contribution in [0.15, 0.2) is 0 Å². The van der Waals surface area contributed by atoms with Crippen LogP contribution in [-0.2, 0) is 0 Å². The van der Waals surface area contributed by atoms with Gasteiger partial charge in [-0.05, 0) is 6.92 Å². The lowest BCUT2D eigenvalue weighted by atomic mass is 10.4. The van der Waals surface area contributed by atoms with Crippen LogP contribution >= 0.6 is 0 Å². The summed E-state index contributed by atoms with van der Waals surface area (Å²) in [5.74, 6) is 0. The van der Waals surface area contributed by atoms with Gasteiger partial charge in [0.25, 0.3) is 0 Å². The van der Waals surface area contributed by atoms with E-state index in [1.54, 1.807) is 9.80 Å². The molecule has 66 valence electrons. The zero-order chi connectivity index (χ0) is 8.97. The summed E-state index contributed by atoms with van der Waals surface area (Å²) in [5.41, 5.74) is 0. The molecule has 2 amide bonds. The van der Waals surface area contributed by atoms with Crippen molar-refractivity contribution in [3.63, 3.8) is 0 Å². The Morgan fingerprint density at radius 3 is 2.67 bits per heavy atom. The maximum absolute atomic E-state index is 11.4. The van der Waals surface area contributed by atoms with Gasteiger partial charge in [-0.1, -0.05) is 0 Å². The Morgan fingerprint density at radius 1 is 1.50 bits per heavy atom. The minimum atomic E-state index is 0.0766. The molecule has 1 rings (SSSR count). The summed E-state index contributed by atoms with van der Waals surface area (Å²) in [6.45, 7) is 4.88. The normalized spacial score (nSPS) is 16.8. The Morgan fingerprint density at radius 2 is 2.17 bits per heavy atom. The first-order chi connectivity index (χ1) is 5.79. The van der Waals surface area contributed by atoms with Crippen LogP contribution in [0.2, 0.25) is 0 Å². The second-order valence-electron chi connectivity index (χ2n) is 2.76. The quantitative estimate of drug-likeness (QED) is 0.619. The van der Waals surface area contributed by atoms with Crippen molar-refractivity contribution in [3.8, 4) is 6.07 Å². The van der Waals surface area contributed by atoms with E-state index in [-0.39, 0.29) is 6.03 Å². The highest BCUT2D eigenvalue weighted by molar-refractivity contribution is 5.76. The second-order valence-corrected chi connectivity index (χ2v) is 2.76. The van der Waals surface area contributed by atoms with E-state index in [2.05, 4.69) is 0 Å². The van der Waals surface area contributed by atoms with Gasteiger partial charge in [-0.25, -0.2) is 4.79 Å². The van der Waals surface area contributed by atoms with Crippen molar-refractivity contribution in [2.45, 2.75) is 13.3 Å². The van der Waals surface area contributed by atoms with Crippen LogP contribution in [0.4, 0.5) is 4.79 Å². The Hall–Kier alpha value is -1.24. The lowest BCUT2D eigenvalue weighted by molar-refractivity contribution is 0.194. The third-order valence-corrected chi connectivity index (χ3v) is 2.06. The number of urea groups is 1. The second kappa shape index (κ2) is 3.96. The topological polar surface area (TPSA) is 47.3 Å². The van der Waals surface area contributed by atoms with Gasteiger partial charge in [0.1, 0.15) is 0 Å². The highest BCUT2D eigenvalue weighted by Crippen LogP contribution is 2.07. The molecular formula is C8H13N3O. The highest BCUT2D eigenvalue weighted by atomic mass is 16.2. The first kappa shape index (κ1) is 8.85. The summed E-state index contributed by atoms with van der Waals surface area (Å²) in [6.07, 6.45) is 0.434. The van der Waals surface area contributed by atoms with E-state index < -0.39 is 0 Å². The molecule has 1 aliphatic heterocycles. The average Bonchev–Trinajstić information content (AvgIpc) is 2.43. The molecular weight excluding hydrogens is 154 g/mol. The van der Waals surface area contributed by atoms with Gasteiger partial charge in [-0.15, -0.1) is 0 Å². The SMILES string of the molecule is CCN1CCN(CCC#N)C1=O. The maximum Gasteiger partial charge on any atom is 0.320 e. The molecule has 12 heavy (non-hydrogen) atoms. The fourth-order valence-electron chi connectivity index (χ4n) is 1.32. The van der Waals surface area contributed by atoms with E-state index in [1.807, 2.05) is 13.0 Å². The molecule has 4 heteroatoms. The third-order valence-electron chi connectivity index (χ3n) is 2.06. The van der Waals surface area contributed by atoms with Crippen molar-refractivity contribution < 1.29 is 4.79 Å². The fourth-order valence-corrected chi connectivity index (χ4v) is 1.32. The van der Waals surface area contributed by atoms with Crippen LogP contribution in [0.3, 0.4) is 0 Å². The van der Waals surface area contributed by atoms with Crippen molar-refractivity contribution >= 4 is 6.03 Å². The molecule has 1 aliphatic rings. The van der Waals surface area contributed by atoms with E-state index in [1.165, 1.54) is 0 Å². The van der Waals surface area contributed by atoms with Crippen LogP contribution in [-0.4, -0.2) is 42.0 Å². The van der Waals surface area contributed by atoms with E-state index in [0.29, 0.717) is 13.0 Å². The molecule has 1 heterocycles. The first-order valence-corrected chi connectivity index (χ1v) is 4.20. The molecule has 0 aliphatic carbocycles. The smallest absolute Gasteiger partial charge is 0.320 e. The van der Waals surface area contributed by atoms with E-state index in [0.717, 1.165) is 19.6 Å². The minimum Gasteiger partial charge on any atom is -0.323 e. The number of nitrogens with zero attached hydrogens (tertiary/aromatic N) is 3. The Balaban J connectivity index is 2.39. The van der Waals surface area contributed by atoms with Gasteiger partial charge in [0.15, 0.2) is 0 Å². The summed E-state index contributed by atoms with van der Waals surface area (Å²) in [5, 5.41) is 8.33. The molecule has 0 atom stereocenters. The van der Waals surface area contributed by atoms with Crippen molar-refractivity contribution in [1.82, 2.24) is 9.80 Å². The van der Waals surface area contributed by atoms with Crippen LogP contribution in [0.1, 0.15) is 13.3 Å². The summed E-state index contributed by atoms with van der Waals surface area (Å²) >= 11 is 0. The summed E-state index contributed by atoms with van der Waals surface area (Å²) in [6, 6.07) is 2.11. The largest absolute Gasteiger partial charge is 0.323 e. The monoisotopic (exact) mass is 167 g/mol. The predicted molar refractivity (Wildman–Crippen MR) is 44.4 cm³/mol. The van der Waals surface area contributed by atoms with Gasteiger partial charge >= 0.3 is 6.03 Å². The maximum atomic E-state index is 11.4. The molecule has 4 nitrogen and oxygen atoms in total. The molecule has 1 fully saturated rings. The van der Waals surface area contributed by atoms with Crippen LogP contribution < -0.4 is 0 Å². The Kier molecular flexibility index (Phi) is 2.92. The average molecular weight is 167 g/mol. The molecule has 0 radical (unpaired) electrons. The zero-order valence-electron chi connectivity index (χ0n) is 7.29. The number of hydrogen-bond acceptors (Lipinski definition) is 2. The third kappa shape index (κ3) is 1.67. The van der Waals surface area contributed by atoms with Crippen LogP contribution in [0, 0.1) is 11.3 Å². The molecule has 0 spiro atoms. The number of rotatable bonds is 3. The predicted octanol–water partition coefficient (Wildman–Crippen LogP) is 0.658. The molecule has 0 unspecified atom stereocenters. The standard InChI is InChI=1S/C8H13N3O/c1-2-10-6-7-11(8(10)12)5-3-4-9/h2-3,5-7H2,1H3. The van der Waals surface area contributed by atoms with Gasteiger partial charge in [0.05, 0.1) is 12.5 Å². The number of carbonyl (C=O) groups excluding carboxylic acids is 1. The fraction of sp³-hybridized carbons (Fsp3) is 0.750. The summed E-state index contributed by atoms with van der Waals surface area (Å²) < 4.78 is 0. The molecule has 0 aromatic carbocycles.